The van der Waals surface area contributed by atoms with E-state index in [4.69, 9.17) is 4.99 Å². The molecule has 1 aromatic heterocycles. The maximum atomic E-state index is 4.70. The number of hydrogen-bond donors (Lipinski definition) is 2. The van der Waals surface area contributed by atoms with Gasteiger partial charge in [-0.25, -0.2) is 4.99 Å². The molecule has 3 rings (SSSR count). The molecule has 0 radical (unpaired) electrons. The average molecular weight is 508 g/mol. The van der Waals surface area contributed by atoms with E-state index in [2.05, 4.69) is 63.7 Å². The first-order chi connectivity index (χ1) is 13.7. The van der Waals surface area contributed by atoms with Crippen molar-refractivity contribution in [1.29, 1.82) is 0 Å². The predicted octanol–water partition coefficient (Wildman–Crippen LogP) is 2.70. The molecule has 29 heavy (non-hydrogen) atoms. The van der Waals surface area contributed by atoms with Gasteiger partial charge in [0.15, 0.2) is 5.96 Å². The Hall–Kier alpha value is -1.71. The zero-order chi connectivity index (χ0) is 19.6. The lowest BCUT2D eigenvalue weighted by molar-refractivity contribution is 0.148. The van der Waals surface area contributed by atoms with E-state index in [0.29, 0.717) is 13.1 Å². The minimum atomic E-state index is 0. The molecule has 0 unspecified atom stereocenters. The molecular weight excluding hydrogens is 475 g/mol. The fraction of sp³-hybridized carbons (Fsp3) is 0.455. The molecular formula is C22H33IN6. The Bertz CT molecular complexity index is 727. The number of piperazine rings is 1. The topological polar surface area (TPSA) is 55.8 Å². The second-order valence-electron chi connectivity index (χ2n) is 7.27. The number of rotatable bonds is 7. The van der Waals surface area contributed by atoms with Crippen molar-refractivity contribution in [2.75, 3.05) is 39.8 Å². The van der Waals surface area contributed by atoms with Crippen LogP contribution in [0.4, 0.5) is 0 Å². The van der Waals surface area contributed by atoms with Crippen LogP contribution in [0.2, 0.25) is 0 Å². The zero-order valence-corrected chi connectivity index (χ0v) is 19.8. The maximum absolute atomic E-state index is 4.70. The summed E-state index contributed by atoms with van der Waals surface area (Å²) >= 11 is 0. The fourth-order valence-electron chi connectivity index (χ4n) is 3.20. The Kier molecular flexibility index (Phi) is 10.4. The van der Waals surface area contributed by atoms with Crippen molar-refractivity contribution in [3.8, 4) is 0 Å². The average Bonchev–Trinajstić information content (AvgIpc) is 2.73. The molecule has 1 aliphatic rings. The van der Waals surface area contributed by atoms with Gasteiger partial charge in [-0.15, -0.1) is 24.0 Å². The van der Waals surface area contributed by atoms with E-state index in [1.807, 2.05) is 24.4 Å². The Labute approximate surface area is 191 Å². The minimum absolute atomic E-state index is 0. The molecule has 1 aliphatic heterocycles. The Morgan fingerprint density at radius 1 is 1.00 bits per heavy atom. The van der Waals surface area contributed by atoms with Crippen molar-refractivity contribution < 1.29 is 0 Å². The third kappa shape index (κ3) is 8.28. The second kappa shape index (κ2) is 12.8. The summed E-state index contributed by atoms with van der Waals surface area (Å²) in [5.74, 6) is 0.815. The van der Waals surface area contributed by atoms with Gasteiger partial charge in [-0.2, -0.15) is 0 Å². The van der Waals surface area contributed by atoms with Gasteiger partial charge in [0.1, 0.15) is 0 Å². The molecule has 0 bridgehead atoms. The minimum Gasteiger partial charge on any atom is -0.357 e. The normalized spacial score (nSPS) is 15.6. The first-order valence-electron chi connectivity index (χ1n) is 10.1. The molecule has 0 atom stereocenters. The SMILES string of the molecule is CCNC(=NCc1ccc(CN2CCN(C)CC2)cc1)NCc1ccccn1.I. The van der Waals surface area contributed by atoms with E-state index in [1.54, 1.807) is 0 Å². The molecule has 158 valence electrons. The number of pyridine rings is 1. The van der Waals surface area contributed by atoms with Crippen LogP contribution in [-0.4, -0.2) is 60.5 Å². The highest BCUT2D eigenvalue weighted by atomic mass is 127. The van der Waals surface area contributed by atoms with Crippen LogP contribution < -0.4 is 10.6 Å². The van der Waals surface area contributed by atoms with Crippen molar-refractivity contribution in [3.63, 3.8) is 0 Å². The summed E-state index contributed by atoms with van der Waals surface area (Å²) in [4.78, 5) is 14.0. The van der Waals surface area contributed by atoms with Gasteiger partial charge in [-0.05, 0) is 37.2 Å². The molecule has 2 aromatic rings. The van der Waals surface area contributed by atoms with E-state index in [1.165, 1.54) is 11.1 Å². The van der Waals surface area contributed by atoms with Crippen LogP contribution in [0.15, 0.2) is 53.7 Å². The standard InChI is InChI=1S/C22H32N6.HI/c1-3-23-22(26-17-21-6-4-5-11-24-21)25-16-19-7-9-20(10-8-19)18-28-14-12-27(2)13-15-28;/h4-11H,3,12-18H2,1-2H3,(H2,23,25,26);1H. The van der Waals surface area contributed by atoms with E-state index in [9.17, 15) is 0 Å². The van der Waals surface area contributed by atoms with Crippen LogP contribution >= 0.6 is 24.0 Å². The van der Waals surface area contributed by atoms with Crippen molar-refractivity contribution in [2.24, 2.45) is 4.99 Å². The lowest BCUT2D eigenvalue weighted by Crippen LogP contribution is -2.43. The molecule has 2 heterocycles. The zero-order valence-electron chi connectivity index (χ0n) is 17.5. The van der Waals surface area contributed by atoms with E-state index >= 15 is 0 Å². The van der Waals surface area contributed by atoms with E-state index in [-0.39, 0.29) is 24.0 Å². The molecule has 1 aromatic carbocycles. The number of nitrogens with one attached hydrogen (secondary N) is 2. The number of hydrogen-bond acceptors (Lipinski definition) is 4. The highest BCUT2D eigenvalue weighted by molar-refractivity contribution is 14.0. The fourth-order valence-corrected chi connectivity index (χ4v) is 3.20. The number of aromatic nitrogens is 1. The quantitative estimate of drug-likeness (QED) is 0.342. The van der Waals surface area contributed by atoms with Gasteiger partial charge >= 0.3 is 0 Å². The molecule has 0 amide bonds. The van der Waals surface area contributed by atoms with Crippen LogP contribution in [0.1, 0.15) is 23.7 Å². The summed E-state index contributed by atoms with van der Waals surface area (Å²) in [5, 5.41) is 6.63. The summed E-state index contributed by atoms with van der Waals surface area (Å²) in [7, 11) is 2.19. The van der Waals surface area contributed by atoms with Gasteiger partial charge in [0.05, 0.1) is 18.8 Å². The number of nitrogens with zero attached hydrogens (tertiary/aromatic N) is 4. The number of benzene rings is 1. The molecule has 6 nitrogen and oxygen atoms in total. The molecule has 1 fully saturated rings. The summed E-state index contributed by atoms with van der Waals surface area (Å²) < 4.78 is 0. The van der Waals surface area contributed by atoms with Gasteiger partial charge in [0.2, 0.25) is 0 Å². The van der Waals surface area contributed by atoms with Crippen LogP contribution in [0, 0.1) is 0 Å². The van der Waals surface area contributed by atoms with Crippen molar-refractivity contribution >= 4 is 29.9 Å². The van der Waals surface area contributed by atoms with Gasteiger partial charge < -0.3 is 15.5 Å². The molecule has 7 heteroatoms. The van der Waals surface area contributed by atoms with E-state index < -0.39 is 0 Å². The summed E-state index contributed by atoms with van der Waals surface area (Å²) in [6.45, 7) is 9.88. The second-order valence-corrected chi connectivity index (χ2v) is 7.27. The Balaban J connectivity index is 0.00000300. The lowest BCUT2D eigenvalue weighted by atomic mass is 10.1. The van der Waals surface area contributed by atoms with Crippen LogP contribution in [0.3, 0.4) is 0 Å². The molecule has 2 N–H and O–H groups in total. The van der Waals surface area contributed by atoms with Crippen molar-refractivity contribution in [2.45, 2.75) is 26.6 Å². The third-order valence-electron chi connectivity index (χ3n) is 4.95. The van der Waals surface area contributed by atoms with E-state index in [0.717, 1.165) is 50.9 Å². The third-order valence-corrected chi connectivity index (χ3v) is 4.95. The highest BCUT2D eigenvalue weighted by Crippen LogP contribution is 2.10. The smallest absolute Gasteiger partial charge is 0.191 e. The number of halogens is 1. The maximum Gasteiger partial charge on any atom is 0.191 e. The number of aliphatic imine (C=N–C) groups is 1. The first kappa shape index (κ1) is 23.6. The largest absolute Gasteiger partial charge is 0.357 e. The van der Waals surface area contributed by atoms with Gasteiger partial charge in [0, 0.05) is 45.5 Å². The molecule has 0 saturated carbocycles. The molecule has 0 aliphatic carbocycles. The Morgan fingerprint density at radius 2 is 1.72 bits per heavy atom. The van der Waals surface area contributed by atoms with Gasteiger partial charge in [-0.1, -0.05) is 30.3 Å². The highest BCUT2D eigenvalue weighted by Gasteiger charge is 2.13. The van der Waals surface area contributed by atoms with Crippen molar-refractivity contribution in [3.05, 3.63) is 65.5 Å². The molecule has 0 spiro atoms. The summed E-state index contributed by atoms with van der Waals surface area (Å²) in [5.41, 5.74) is 3.59. The van der Waals surface area contributed by atoms with Gasteiger partial charge in [0.25, 0.3) is 0 Å². The number of likely N-dealkylation sites (N-methyl/N-ethyl adjacent to an activating group) is 1. The lowest BCUT2D eigenvalue weighted by Gasteiger charge is -2.32. The summed E-state index contributed by atoms with van der Waals surface area (Å²) in [6.07, 6.45) is 1.81. The number of guanidine groups is 1. The summed E-state index contributed by atoms with van der Waals surface area (Å²) in [6, 6.07) is 14.8. The predicted molar refractivity (Wildman–Crippen MR) is 131 cm³/mol. The monoisotopic (exact) mass is 508 g/mol. The first-order valence-corrected chi connectivity index (χ1v) is 10.1. The molecule has 1 saturated heterocycles. The van der Waals surface area contributed by atoms with Crippen LogP contribution in [-0.2, 0) is 19.6 Å². The Morgan fingerprint density at radius 3 is 2.38 bits per heavy atom. The van der Waals surface area contributed by atoms with Crippen molar-refractivity contribution in [1.82, 2.24) is 25.4 Å². The van der Waals surface area contributed by atoms with Crippen LogP contribution in [0.25, 0.3) is 0 Å². The van der Waals surface area contributed by atoms with Gasteiger partial charge in [-0.3, -0.25) is 9.88 Å². The van der Waals surface area contributed by atoms with Crippen LogP contribution in [0.5, 0.6) is 0 Å².